The SMILES string of the molecule is O=C(c1c(F)cc(OC(F)F)cc1F)N1CCC(CO)C1. The van der Waals surface area contributed by atoms with E-state index in [2.05, 4.69) is 4.74 Å². The van der Waals surface area contributed by atoms with Crippen molar-refractivity contribution in [3.05, 3.63) is 29.3 Å². The first-order valence-corrected chi connectivity index (χ1v) is 6.26. The summed E-state index contributed by atoms with van der Waals surface area (Å²) in [5.41, 5.74) is -0.810. The highest BCUT2D eigenvalue weighted by atomic mass is 19.3. The zero-order valence-corrected chi connectivity index (χ0v) is 10.9. The average molecular weight is 307 g/mol. The molecule has 4 nitrogen and oxygen atoms in total. The topological polar surface area (TPSA) is 49.8 Å². The highest BCUT2D eigenvalue weighted by Gasteiger charge is 2.30. The summed E-state index contributed by atoms with van der Waals surface area (Å²) in [6.07, 6.45) is 0.540. The fourth-order valence-electron chi connectivity index (χ4n) is 2.25. The number of aliphatic hydroxyl groups excluding tert-OH is 1. The molecular formula is C13H13F4NO3. The molecule has 0 radical (unpaired) electrons. The van der Waals surface area contributed by atoms with Gasteiger partial charge in [0.15, 0.2) is 0 Å². The van der Waals surface area contributed by atoms with E-state index >= 15 is 0 Å². The number of carbonyl (C=O) groups is 1. The summed E-state index contributed by atoms with van der Waals surface area (Å²) in [5.74, 6) is -4.21. The second-order valence-corrected chi connectivity index (χ2v) is 4.73. The van der Waals surface area contributed by atoms with Crippen LogP contribution in [0.3, 0.4) is 0 Å². The molecule has 1 N–H and O–H groups in total. The highest BCUT2D eigenvalue weighted by Crippen LogP contribution is 2.25. The Bertz CT molecular complexity index is 515. The molecule has 0 aromatic heterocycles. The Labute approximate surface area is 117 Å². The van der Waals surface area contributed by atoms with Crippen molar-refractivity contribution in [2.24, 2.45) is 5.92 Å². The van der Waals surface area contributed by atoms with E-state index in [-0.39, 0.29) is 25.6 Å². The number of halogens is 4. The van der Waals surface area contributed by atoms with E-state index in [1.807, 2.05) is 0 Å². The minimum absolute atomic E-state index is 0.115. The van der Waals surface area contributed by atoms with Crippen LogP contribution < -0.4 is 4.74 Å². The lowest BCUT2D eigenvalue weighted by Crippen LogP contribution is -2.30. The van der Waals surface area contributed by atoms with Gasteiger partial charge >= 0.3 is 6.61 Å². The summed E-state index contributed by atoms with van der Waals surface area (Å²) in [4.78, 5) is 13.3. The summed E-state index contributed by atoms with van der Waals surface area (Å²) in [7, 11) is 0. The minimum Gasteiger partial charge on any atom is -0.435 e. The summed E-state index contributed by atoms with van der Waals surface area (Å²) in [6, 6.07) is 1.09. The maximum absolute atomic E-state index is 13.8. The first kappa shape index (κ1) is 15.6. The Kier molecular flexibility index (Phi) is 4.66. The van der Waals surface area contributed by atoms with Crippen LogP contribution in [-0.2, 0) is 0 Å². The van der Waals surface area contributed by atoms with Crippen LogP contribution >= 0.6 is 0 Å². The number of aliphatic hydroxyl groups is 1. The number of hydrogen-bond donors (Lipinski definition) is 1. The largest absolute Gasteiger partial charge is 0.435 e. The van der Waals surface area contributed by atoms with Gasteiger partial charge in [0.2, 0.25) is 0 Å². The number of amides is 1. The van der Waals surface area contributed by atoms with Crippen molar-refractivity contribution in [2.75, 3.05) is 19.7 Å². The molecule has 1 saturated heterocycles. The monoisotopic (exact) mass is 307 g/mol. The Morgan fingerprint density at radius 1 is 1.38 bits per heavy atom. The third-order valence-electron chi connectivity index (χ3n) is 3.29. The van der Waals surface area contributed by atoms with Crippen molar-refractivity contribution >= 4 is 5.91 Å². The van der Waals surface area contributed by atoms with Crippen LogP contribution in [0, 0.1) is 17.6 Å². The molecule has 1 atom stereocenters. The molecule has 0 bridgehead atoms. The van der Waals surface area contributed by atoms with Gasteiger partial charge in [0.1, 0.15) is 22.9 Å². The molecule has 0 spiro atoms. The van der Waals surface area contributed by atoms with E-state index in [9.17, 15) is 22.4 Å². The lowest BCUT2D eigenvalue weighted by Gasteiger charge is -2.17. The first-order chi connectivity index (χ1) is 9.92. The molecule has 1 heterocycles. The summed E-state index contributed by atoms with van der Waals surface area (Å²) >= 11 is 0. The zero-order chi connectivity index (χ0) is 15.6. The fraction of sp³-hybridized carbons (Fsp3) is 0.462. The van der Waals surface area contributed by atoms with Gasteiger partial charge < -0.3 is 14.7 Å². The molecule has 1 aromatic rings. The van der Waals surface area contributed by atoms with E-state index in [0.717, 1.165) is 0 Å². The Hall–Kier alpha value is -1.83. The number of hydrogen-bond acceptors (Lipinski definition) is 3. The first-order valence-electron chi connectivity index (χ1n) is 6.26. The molecule has 0 aliphatic carbocycles. The van der Waals surface area contributed by atoms with E-state index < -0.39 is 35.5 Å². The number of alkyl halides is 2. The maximum Gasteiger partial charge on any atom is 0.387 e. The van der Waals surface area contributed by atoms with E-state index in [1.54, 1.807) is 0 Å². The van der Waals surface area contributed by atoms with Crippen LogP contribution in [0.2, 0.25) is 0 Å². The van der Waals surface area contributed by atoms with Crippen LogP contribution in [-0.4, -0.2) is 42.2 Å². The van der Waals surface area contributed by atoms with Crippen LogP contribution in [0.15, 0.2) is 12.1 Å². The van der Waals surface area contributed by atoms with Crippen molar-refractivity contribution < 1.29 is 32.2 Å². The Morgan fingerprint density at radius 3 is 2.48 bits per heavy atom. The molecule has 8 heteroatoms. The van der Waals surface area contributed by atoms with Crippen molar-refractivity contribution in [3.63, 3.8) is 0 Å². The van der Waals surface area contributed by atoms with Gasteiger partial charge in [-0.15, -0.1) is 0 Å². The molecule has 1 aliphatic heterocycles. The second kappa shape index (κ2) is 6.30. The molecule has 1 unspecified atom stereocenters. The van der Waals surface area contributed by atoms with Crippen molar-refractivity contribution in [2.45, 2.75) is 13.0 Å². The van der Waals surface area contributed by atoms with Crippen LogP contribution in [0.4, 0.5) is 17.6 Å². The lowest BCUT2D eigenvalue weighted by atomic mass is 10.1. The van der Waals surface area contributed by atoms with Crippen molar-refractivity contribution in [1.82, 2.24) is 4.90 Å². The number of likely N-dealkylation sites (tertiary alicyclic amines) is 1. The molecule has 2 rings (SSSR count). The Morgan fingerprint density at radius 2 is 2.00 bits per heavy atom. The van der Waals surface area contributed by atoms with Crippen molar-refractivity contribution in [3.8, 4) is 5.75 Å². The predicted molar refractivity (Wildman–Crippen MR) is 64.1 cm³/mol. The van der Waals surface area contributed by atoms with Gasteiger partial charge in [0, 0.05) is 37.7 Å². The zero-order valence-electron chi connectivity index (χ0n) is 10.9. The van der Waals surface area contributed by atoms with Crippen LogP contribution in [0.5, 0.6) is 5.75 Å². The molecule has 1 aliphatic rings. The molecular weight excluding hydrogens is 294 g/mol. The molecule has 21 heavy (non-hydrogen) atoms. The van der Waals surface area contributed by atoms with Crippen molar-refractivity contribution in [1.29, 1.82) is 0 Å². The Balaban J connectivity index is 2.22. The minimum atomic E-state index is -3.21. The number of carbonyl (C=O) groups excluding carboxylic acids is 1. The number of ether oxygens (including phenoxy) is 1. The van der Waals surface area contributed by atoms with E-state index in [4.69, 9.17) is 5.11 Å². The number of rotatable bonds is 4. The molecule has 116 valence electrons. The van der Waals surface area contributed by atoms with E-state index in [1.165, 1.54) is 4.90 Å². The molecule has 1 amide bonds. The fourth-order valence-corrected chi connectivity index (χ4v) is 2.25. The lowest BCUT2D eigenvalue weighted by molar-refractivity contribution is -0.0501. The third-order valence-corrected chi connectivity index (χ3v) is 3.29. The third kappa shape index (κ3) is 3.44. The standard InChI is InChI=1S/C13H13F4NO3/c14-9-3-8(21-13(16)17)4-10(15)11(9)12(20)18-2-1-7(5-18)6-19/h3-4,7,13,19H,1-2,5-6H2. The van der Waals surface area contributed by atoms with Crippen LogP contribution in [0.25, 0.3) is 0 Å². The van der Waals surface area contributed by atoms with Gasteiger partial charge in [-0.1, -0.05) is 0 Å². The quantitative estimate of drug-likeness (QED) is 0.866. The summed E-state index contributed by atoms with van der Waals surface area (Å²) < 4.78 is 55.5. The molecule has 0 saturated carbocycles. The number of nitrogens with zero attached hydrogens (tertiary/aromatic N) is 1. The summed E-state index contributed by atoms with van der Waals surface area (Å²) in [6.45, 7) is -2.85. The predicted octanol–water partition coefficient (Wildman–Crippen LogP) is 2.02. The smallest absolute Gasteiger partial charge is 0.387 e. The maximum atomic E-state index is 13.8. The second-order valence-electron chi connectivity index (χ2n) is 4.73. The molecule has 1 aromatic carbocycles. The average Bonchev–Trinajstić information content (AvgIpc) is 2.85. The van der Waals surface area contributed by atoms with E-state index in [0.29, 0.717) is 18.6 Å². The van der Waals surface area contributed by atoms with Gasteiger partial charge in [-0.3, -0.25) is 4.79 Å². The normalized spacial score (nSPS) is 18.4. The summed E-state index contributed by atoms with van der Waals surface area (Å²) in [5, 5.41) is 8.99. The van der Waals surface area contributed by atoms with Crippen LogP contribution in [0.1, 0.15) is 16.8 Å². The van der Waals surface area contributed by atoms with Gasteiger partial charge in [-0.2, -0.15) is 8.78 Å². The van der Waals surface area contributed by atoms with Gasteiger partial charge in [0.25, 0.3) is 5.91 Å². The van der Waals surface area contributed by atoms with Gasteiger partial charge in [-0.05, 0) is 6.42 Å². The van der Waals surface area contributed by atoms with Gasteiger partial charge in [-0.25, -0.2) is 8.78 Å². The molecule has 1 fully saturated rings. The number of benzene rings is 1. The van der Waals surface area contributed by atoms with Gasteiger partial charge in [0.05, 0.1) is 0 Å². The highest BCUT2D eigenvalue weighted by molar-refractivity contribution is 5.95.